The summed E-state index contributed by atoms with van der Waals surface area (Å²) in [6, 6.07) is 5.81. The lowest BCUT2D eigenvalue weighted by Gasteiger charge is -2.02. The highest BCUT2D eigenvalue weighted by Gasteiger charge is 2.02. The number of hydrogen-bond acceptors (Lipinski definition) is 2. The Balaban J connectivity index is 2.49. The first-order valence-corrected chi connectivity index (χ1v) is 4.41. The summed E-state index contributed by atoms with van der Waals surface area (Å²) in [6.07, 6.45) is 1.36. The van der Waals surface area contributed by atoms with Crippen LogP contribution in [0.5, 0.6) is 0 Å². The number of halogens is 2. The van der Waals surface area contributed by atoms with Gasteiger partial charge < -0.3 is 0 Å². The molecule has 0 unspecified atom stereocenters. The van der Waals surface area contributed by atoms with Crippen LogP contribution < -0.4 is 0 Å². The zero-order valence-electron chi connectivity index (χ0n) is 8.04. The summed E-state index contributed by atoms with van der Waals surface area (Å²) in [5.74, 6) is -1.10. The van der Waals surface area contributed by atoms with Crippen LogP contribution in [-0.2, 0) is 0 Å². The van der Waals surface area contributed by atoms with Gasteiger partial charge in [-0.3, -0.25) is 0 Å². The fourth-order valence-electron chi connectivity index (χ4n) is 1.34. The number of rotatable bonds is 1. The van der Waals surface area contributed by atoms with E-state index in [0.29, 0.717) is 16.8 Å². The van der Waals surface area contributed by atoms with Gasteiger partial charge in [-0.2, -0.15) is 8.78 Å². The van der Waals surface area contributed by atoms with Crippen molar-refractivity contribution in [2.75, 3.05) is 0 Å². The van der Waals surface area contributed by atoms with Gasteiger partial charge in [0.15, 0.2) is 0 Å². The monoisotopic (exact) mass is 206 g/mol. The van der Waals surface area contributed by atoms with Crippen molar-refractivity contribution in [3.63, 3.8) is 0 Å². The predicted octanol–water partition coefficient (Wildman–Crippen LogP) is 2.73. The lowest BCUT2D eigenvalue weighted by atomic mass is 10.1. The van der Waals surface area contributed by atoms with Crippen LogP contribution in [0, 0.1) is 18.8 Å². The largest absolute Gasteiger partial charge is 0.228 e. The van der Waals surface area contributed by atoms with Crippen LogP contribution >= 0.6 is 0 Å². The van der Waals surface area contributed by atoms with Gasteiger partial charge in [-0.1, -0.05) is 0 Å². The zero-order valence-corrected chi connectivity index (χ0v) is 8.04. The van der Waals surface area contributed by atoms with E-state index in [0.717, 1.165) is 0 Å². The number of aryl methyl sites for hydroxylation is 1. The molecular formula is C11H8F2N2. The summed E-state index contributed by atoms with van der Waals surface area (Å²) in [6.45, 7) is 1.70. The summed E-state index contributed by atoms with van der Waals surface area (Å²) in [5, 5.41) is 0. The Morgan fingerprint density at radius 1 is 1.00 bits per heavy atom. The molecule has 0 aliphatic carbocycles. The second kappa shape index (κ2) is 3.73. The SMILES string of the molecule is Cc1cc(-c2ccc(F)nc2)cc(F)n1. The van der Waals surface area contributed by atoms with E-state index in [2.05, 4.69) is 9.97 Å². The highest BCUT2D eigenvalue weighted by atomic mass is 19.1. The van der Waals surface area contributed by atoms with Crippen LogP contribution in [0.2, 0.25) is 0 Å². The molecule has 0 amide bonds. The zero-order chi connectivity index (χ0) is 10.8. The Morgan fingerprint density at radius 2 is 1.80 bits per heavy atom. The molecule has 0 saturated carbocycles. The molecule has 0 fully saturated rings. The molecule has 15 heavy (non-hydrogen) atoms. The Bertz CT molecular complexity index is 460. The first kappa shape index (κ1) is 9.71. The fraction of sp³-hybridized carbons (Fsp3) is 0.0909. The molecule has 2 heterocycles. The first-order valence-electron chi connectivity index (χ1n) is 4.41. The van der Waals surface area contributed by atoms with Crippen molar-refractivity contribution in [2.24, 2.45) is 0 Å². The van der Waals surface area contributed by atoms with Gasteiger partial charge in [0, 0.05) is 23.5 Å². The van der Waals surface area contributed by atoms with Crippen LogP contribution in [0.1, 0.15) is 5.69 Å². The molecule has 0 aliphatic rings. The van der Waals surface area contributed by atoms with Crippen LogP contribution in [0.4, 0.5) is 8.78 Å². The predicted molar refractivity (Wildman–Crippen MR) is 52.1 cm³/mol. The van der Waals surface area contributed by atoms with Gasteiger partial charge in [-0.15, -0.1) is 0 Å². The quantitative estimate of drug-likeness (QED) is 0.670. The fourth-order valence-corrected chi connectivity index (χ4v) is 1.34. The molecule has 2 rings (SSSR count). The van der Waals surface area contributed by atoms with Crippen LogP contribution in [0.3, 0.4) is 0 Å². The van der Waals surface area contributed by atoms with Gasteiger partial charge in [0.1, 0.15) is 0 Å². The third-order valence-corrected chi connectivity index (χ3v) is 1.98. The maximum Gasteiger partial charge on any atom is 0.213 e. The Hall–Kier alpha value is -1.84. The van der Waals surface area contributed by atoms with Gasteiger partial charge in [-0.25, -0.2) is 9.97 Å². The van der Waals surface area contributed by atoms with E-state index in [1.165, 1.54) is 18.3 Å². The highest BCUT2D eigenvalue weighted by molar-refractivity contribution is 5.62. The summed E-state index contributed by atoms with van der Waals surface area (Å²) in [5.41, 5.74) is 1.89. The topological polar surface area (TPSA) is 25.8 Å². The summed E-state index contributed by atoms with van der Waals surface area (Å²) in [7, 11) is 0. The number of hydrogen-bond donors (Lipinski definition) is 0. The third kappa shape index (κ3) is 2.15. The molecule has 0 saturated heterocycles. The third-order valence-electron chi connectivity index (χ3n) is 1.98. The molecule has 0 aromatic carbocycles. The van der Waals surface area contributed by atoms with Gasteiger partial charge in [0.05, 0.1) is 0 Å². The van der Waals surface area contributed by atoms with E-state index in [1.807, 2.05) is 0 Å². The molecule has 0 spiro atoms. The van der Waals surface area contributed by atoms with E-state index in [4.69, 9.17) is 0 Å². The minimum absolute atomic E-state index is 0.547. The van der Waals surface area contributed by atoms with Crippen molar-refractivity contribution in [3.8, 4) is 11.1 Å². The molecule has 0 radical (unpaired) electrons. The molecule has 4 heteroatoms. The molecule has 0 atom stereocenters. The second-order valence-corrected chi connectivity index (χ2v) is 3.19. The van der Waals surface area contributed by atoms with Crippen LogP contribution in [0.25, 0.3) is 11.1 Å². The lowest BCUT2D eigenvalue weighted by molar-refractivity contribution is 0.580. The summed E-state index contributed by atoms with van der Waals surface area (Å²) < 4.78 is 25.6. The lowest BCUT2D eigenvalue weighted by Crippen LogP contribution is -1.90. The average Bonchev–Trinajstić information content (AvgIpc) is 2.17. The molecular weight excluding hydrogens is 198 g/mol. The molecule has 2 nitrogen and oxygen atoms in total. The van der Waals surface area contributed by atoms with Gasteiger partial charge >= 0.3 is 0 Å². The van der Waals surface area contributed by atoms with Crippen molar-refractivity contribution in [1.82, 2.24) is 9.97 Å². The number of nitrogens with zero attached hydrogens (tertiary/aromatic N) is 2. The van der Waals surface area contributed by atoms with Gasteiger partial charge in [0.2, 0.25) is 11.9 Å². The Morgan fingerprint density at radius 3 is 2.40 bits per heavy atom. The minimum atomic E-state index is -0.551. The minimum Gasteiger partial charge on any atom is -0.228 e. The van der Waals surface area contributed by atoms with Gasteiger partial charge in [-0.05, 0) is 30.7 Å². The van der Waals surface area contributed by atoms with Crippen LogP contribution in [0.15, 0.2) is 30.5 Å². The van der Waals surface area contributed by atoms with Gasteiger partial charge in [0.25, 0.3) is 0 Å². The smallest absolute Gasteiger partial charge is 0.213 e. The highest BCUT2D eigenvalue weighted by Crippen LogP contribution is 2.19. The van der Waals surface area contributed by atoms with Crippen molar-refractivity contribution in [2.45, 2.75) is 6.92 Å². The molecule has 2 aromatic rings. The summed E-state index contributed by atoms with van der Waals surface area (Å²) in [4.78, 5) is 7.12. The molecule has 2 aromatic heterocycles. The average molecular weight is 206 g/mol. The van der Waals surface area contributed by atoms with Crippen LogP contribution in [-0.4, -0.2) is 9.97 Å². The van der Waals surface area contributed by atoms with E-state index < -0.39 is 11.9 Å². The second-order valence-electron chi connectivity index (χ2n) is 3.19. The van der Waals surface area contributed by atoms with Crippen molar-refractivity contribution < 1.29 is 8.78 Å². The standard InChI is InChI=1S/C11H8F2N2/c1-7-4-9(5-11(13)15-7)8-2-3-10(12)14-6-8/h2-6H,1H3. The first-order chi connectivity index (χ1) is 7.15. The Kier molecular flexibility index (Phi) is 2.41. The maximum atomic E-state index is 13.0. The molecule has 0 N–H and O–H groups in total. The maximum absolute atomic E-state index is 13.0. The molecule has 0 bridgehead atoms. The van der Waals surface area contributed by atoms with E-state index >= 15 is 0 Å². The van der Waals surface area contributed by atoms with E-state index in [1.54, 1.807) is 19.1 Å². The number of pyridine rings is 2. The molecule has 76 valence electrons. The summed E-state index contributed by atoms with van der Waals surface area (Å²) >= 11 is 0. The van der Waals surface area contributed by atoms with Crippen molar-refractivity contribution in [1.29, 1.82) is 0 Å². The van der Waals surface area contributed by atoms with Crippen molar-refractivity contribution >= 4 is 0 Å². The van der Waals surface area contributed by atoms with E-state index in [-0.39, 0.29) is 0 Å². The number of aromatic nitrogens is 2. The van der Waals surface area contributed by atoms with Crippen molar-refractivity contribution in [3.05, 3.63) is 48.1 Å². The van der Waals surface area contributed by atoms with E-state index in [9.17, 15) is 8.78 Å². The normalized spacial score (nSPS) is 10.3. The Labute approximate surface area is 85.6 Å². The molecule has 0 aliphatic heterocycles.